The molecule has 1 atom stereocenters. The van der Waals surface area contributed by atoms with Crippen molar-refractivity contribution < 1.29 is 14.7 Å². The minimum Gasteiger partial charge on any atom is -0.465 e. The second-order valence-electron chi connectivity index (χ2n) is 4.78. The number of nitrogens with one attached hydrogen (secondary N) is 1. The van der Waals surface area contributed by atoms with Gasteiger partial charge in [0.25, 0.3) is 0 Å². The normalized spacial score (nSPS) is 18.1. The van der Waals surface area contributed by atoms with Gasteiger partial charge in [0.05, 0.1) is 11.6 Å². The Balaban J connectivity index is 2.08. The van der Waals surface area contributed by atoms with Crippen LogP contribution in [0.1, 0.15) is 12.0 Å². The highest BCUT2D eigenvalue weighted by atomic mass is 79.9. The maximum Gasteiger partial charge on any atom is 0.407 e. The molecule has 0 aliphatic carbocycles. The van der Waals surface area contributed by atoms with Crippen molar-refractivity contribution in [3.05, 3.63) is 27.2 Å². The number of benzene rings is 1. The van der Waals surface area contributed by atoms with Crippen molar-refractivity contribution >= 4 is 45.2 Å². The SMILES string of the molecule is Cc1cc(Cl)cc(Br)c1NC(=O)[C@H]1CCN(C(=O)O)C1. The molecule has 20 heavy (non-hydrogen) atoms. The molecule has 0 radical (unpaired) electrons. The van der Waals surface area contributed by atoms with Crippen molar-refractivity contribution in [1.82, 2.24) is 4.90 Å². The molecule has 0 bridgehead atoms. The lowest BCUT2D eigenvalue weighted by Gasteiger charge is -2.15. The van der Waals surface area contributed by atoms with Crippen LogP contribution in [0.3, 0.4) is 0 Å². The van der Waals surface area contributed by atoms with E-state index in [4.69, 9.17) is 16.7 Å². The van der Waals surface area contributed by atoms with E-state index in [9.17, 15) is 9.59 Å². The Labute approximate surface area is 130 Å². The molecular weight excluding hydrogens is 348 g/mol. The van der Waals surface area contributed by atoms with Gasteiger partial charge >= 0.3 is 6.09 Å². The van der Waals surface area contributed by atoms with Gasteiger partial charge in [0.2, 0.25) is 5.91 Å². The molecule has 2 rings (SSSR count). The summed E-state index contributed by atoms with van der Waals surface area (Å²) in [6, 6.07) is 3.47. The summed E-state index contributed by atoms with van der Waals surface area (Å²) in [6.07, 6.45) is -0.438. The maximum absolute atomic E-state index is 12.2. The van der Waals surface area contributed by atoms with Gasteiger partial charge in [-0.05, 0) is 47.0 Å². The van der Waals surface area contributed by atoms with E-state index in [0.29, 0.717) is 28.1 Å². The summed E-state index contributed by atoms with van der Waals surface area (Å²) < 4.78 is 0.712. The van der Waals surface area contributed by atoms with E-state index in [1.807, 2.05) is 6.92 Å². The molecule has 1 aliphatic heterocycles. The zero-order valence-corrected chi connectivity index (χ0v) is 13.2. The average Bonchev–Trinajstić information content (AvgIpc) is 2.83. The van der Waals surface area contributed by atoms with Crippen LogP contribution in [0.4, 0.5) is 10.5 Å². The van der Waals surface area contributed by atoms with Crippen LogP contribution in [0.25, 0.3) is 0 Å². The molecule has 108 valence electrons. The Hall–Kier alpha value is -1.27. The monoisotopic (exact) mass is 360 g/mol. The Morgan fingerprint density at radius 1 is 1.50 bits per heavy atom. The van der Waals surface area contributed by atoms with Gasteiger partial charge in [0.15, 0.2) is 0 Å². The van der Waals surface area contributed by atoms with Crippen LogP contribution >= 0.6 is 27.5 Å². The lowest BCUT2D eigenvalue weighted by Crippen LogP contribution is -2.30. The first-order valence-corrected chi connectivity index (χ1v) is 7.30. The molecule has 1 fully saturated rings. The van der Waals surface area contributed by atoms with E-state index in [2.05, 4.69) is 21.2 Å². The predicted molar refractivity (Wildman–Crippen MR) is 80.2 cm³/mol. The van der Waals surface area contributed by atoms with Gasteiger partial charge < -0.3 is 15.3 Å². The van der Waals surface area contributed by atoms with Crippen molar-refractivity contribution in [2.24, 2.45) is 5.92 Å². The van der Waals surface area contributed by atoms with Gasteiger partial charge in [0.1, 0.15) is 0 Å². The molecule has 1 aromatic rings. The molecule has 0 saturated carbocycles. The number of nitrogens with zero attached hydrogens (tertiary/aromatic N) is 1. The Morgan fingerprint density at radius 2 is 2.20 bits per heavy atom. The van der Waals surface area contributed by atoms with Crippen molar-refractivity contribution in [3.8, 4) is 0 Å². The van der Waals surface area contributed by atoms with Crippen LogP contribution in [0.2, 0.25) is 5.02 Å². The van der Waals surface area contributed by atoms with Crippen molar-refractivity contribution in [2.45, 2.75) is 13.3 Å². The fourth-order valence-corrected chi connectivity index (χ4v) is 3.30. The molecule has 2 amide bonds. The van der Waals surface area contributed by atoms with Crippen molar-refractivity contribution in [2.75, 3.05) is 18.4 Å². The van der Waals surface area contributed by atoms with E-state index in [-0.39, 0.29) is 18.4 Å². The molecule has 0 aromatic heterocycles. The third-order valence-electron chi connectivity index (χ3n) is 3.33. The second-order valence-corrected chi connectivity index (χ2v) is 6.07. The van der Waals surface area contributed by atoms with Gasteiger partial charge in [-0.15, -0.1) is 0 Å². The molecule has 1 heterocycles. The number of likely N-dealkylation sites (tertiary alicyclic amines) is 1. The van der Waals surface area contributed by atoms with Gasteiger partial charge in [-0.3, -0.25) is 4.79 Å². The smallest absolute Gasteiger partial charge is 0.407 e. The first-order valence-electron chi connectivity index (χ1n) is 6.13. The van der Waals surface area contributed by atoms with Gasteiger partial charge in [0, 0.05) is 22.6 Å². The molecule has 1 aromatic carbocycles. The number of hydrogen-bond acceptors (Lipinski definition) is 2. The number of carbonyl (C=O) groups excluding carboxylic acids is 1. The summed E-state index contributed by atoms with van der Waals surface area (Å²) in [5, 5.41) is 12.3. The number of carbonyl (C=O) groups is 2. The molecule has 7 heteroatoms. The fourth-order valence-electron chi connectivity index (χ4n) is 2.23. The van der Waals surface area contributed by atoms with Gasteiger partial charge in [-0.2, -0.15) is 0 Å². The minimum absolute atomic E-state index is 0.167. The summed E-state index contributed by atoms with van der Waals surface area (Å²) >= 11 is 9.29. The van der Waals surface area contributed by atoms with E-state index in [1.165, 1.54) is 4.90 Å². The summed E-state index contributed by atoms with van der Waals surface area (Å²) in [6.45, 7) is 2.49. The molecule has 0 spiro atoms. The van der Waals surface area contributed by atoms with E-state index in [1.54, 1.807) is 12.1 Å². The largest absolute Gasteiger partial charge is 0.465 e. The number of rotatable bonds is 2. The highest BCUT2D eigenvalue weighted by Crippen LogP contribution is 2.31. The Bertz CT molecular complexity index is 542. The van der Waals surface area contributed by atoms with Crippen LogP contribution < -0.4 is 5.32 Å². The van der Waals surface area contributed by atoms with E-state index >= 15 is 0 Å². The van der Waals surface area contributed by atoms with Crippen molar-refractivity contribution in [3.63, 3.8) is 0 Å². The van der Waals surface area contributed by atoms with Crippen LogP contribution in [-0.4, -0.2) is 35.1 Å². The first kappa shape index (κ1) is 15.1. The summed E-state index contributed by atoms with van der Waals surface area (Å²) in [5.41, 5.74) is 1.53. The van der Waals surface area contributed by atoms with Gasteiger partial charge in [-0.1, -0.05) is 11.6 Å². The third kappa shape index (κ3) is 3.24. The third-order valence-corrected chi connectivity index (χ3v) is 4.17. The van der Waals surface area contributed by atoms with E-state index < -0.39 is 6.09 Å². The summed E-state index contributed by atoms with van der Waals surface area (Å²) in [5.74, 6) is -0.479. The minimum atomic E-state index is -0.982. The average molecular weight is 362 g/mol. The first-order chi connectivity index (χ1) is 9.38. The van der Waals surface area contributed by atoms with Crippen LogP contribution in [0.15, 0.2) is 16.6 Å². The second kappa shape index (κ2) is 6.01. The number of anilines is 1. The molecule has 5 nitrogen and oxygen atoms in total. The molecule has 0 unspecified atom stereocenters. The van der Waals surface area contributed by atoms with Crippen LogP contribution in [0, 0.1) is 12.8 Å². The lowest BCUT2D eigenvalue weighted by molar-refractivity contribution is -0.119. The Kier molecular flexibility index (Phi) is 4.55. The summed E-state index contributed by atoms with van der Waals surface area (Å²) in [4.78, 5) is 24.3. The Morgan fingerprint density at radius 3 is 2.75 bits per heavy atom. The molecular formula is C13H14BrClN2O3. The molecule has 1 aliphatic rings. The van der Waals surface area contributed by atoms with Gasteiger partial charge in [-0.25, -0.2) is 4.79 Å². The predicted octanol–water partition coefficient (Wildman–Crippen LogP) is 3.35. The highest BCUT2D eigenvalue weighted by Gasteiger charge is 2.31. The standard InChI is InChI=1S/C13H14BrClN2O3/c1-7-4-9(15)5-10(14)11(7)16-12(18)8-2-3-17(6-8)13(19)20/h4-5,8H,2-3,6H2,1H3,(H,16,18)(H,19,20)/t8-/m0/s1. The number of hydrogen-bond donors (Lipinski definition) is 2. The van der Waals surface area contributed by atoms with Crippen LogP contribution in [0.5, 0.6) is 0 Å². The number of amides is 2. The number of carboxylic acid groups (broad SMARTS) is 1. The number of aryl methyl sites for hydroxylation is 1. The molecule has 2 N–H and O–H groups in total. The van der Waals surface area contributed by atoms with Crippen molar-refractivity contribution in [1.29, 1.82) is 0 Å². The fraction of sp³-hybridized carbons (Fsp3) is 0.385. The highest BCUT2D eigenvalue weighted by molar-refractivity contribution is 9.10. The zero-order chi connectivity index (χ0) is 14.9. The quantitative estimate of drug-likeness (QED) is 0.848. The van der Waals surface area contributed by atoms with E-state index in [0.717, 1.165) is 5.56 Å². The topological polar surface area (TPSA) is 69.6 Å². The summed E-state index contributed by atoms with van der Waals surface area (Å²) in [7, 11) is 0. The maximum atomic E-state index is 12.2. The molecule has 1 saturated heterocycles. The number of halogens is 2. The lowest BCUT2D eigenvalue weighted by atomic mass is 10.1. The zero-order valence-electron chi connectivity index (χ0n) is 10.8. The van der Waals surface area contributed by atoms with Crippen LogP contribution in [-0.2, 0) is 4.79 Å².